The van der Waals surface area contributed by atoms with Crippen LogP contribution in [0.1, 0.15) is 41.4 Å². The van der Waals surface area contributed by atoms with Gasteiger partial charge in [-0.3, -0.25) is 9.59 Å². The van der Waals surface area contributed by atoms with E-state index in [9.17, 15) is 14.7 Å². The summed E-state index contributed by atoms with van der Waals surface area (Å²) >= 11 is 7.24. The summed E-state index contributed by atoms with van der Waals surface area (Å²) in [5.74, 6) is -0.117. The van der Waals surface area contributed by atoms with Gasteiger partial charge in [-0.2, -0.15) is 0 Å². The molecule has 0 saturated heterocycles. The molecule has 0 spiro atoms. The third-order valence-corrected chi connectivity index (χ3v) is 4.86. The molecule has 1 aromatic carbocycles. The van der Waals surface area contributed by atoms with Gasteiger partial charge >= 0.3 is 0 Å². The third kappa shape index (κ3) is 5.44. The fourth-order valence-electron chi connectivity index (χ4n) is 2.24. The highest BCUT2D eigenvalue weighted by molar-refractivity contribution is 7.12. The van der Waals surface area contributed by atoms with Gasteiger partial charge in [0.1, 0.15) is 5.60 Å². The highest BCUT2D eigenvalue weighted by Gasteiger charge is 2.23. The van der Waals surface area contributed by atoms with Crippen LogP contribution in [0.2, 0.25) is 5.02 Å². The van der Waals surface area contributed by atoms with Gasteiger partial charge in [0, 0.05) is 17.9 Å². The molecule has 0 radical (unpaired) electrons. The highest BCUT2D eigenvalue weighted by Crippen LogP contribution is 2.21. The lowest BCUT2D eigenvalue weighted by Crippen LogP contribution is -2.38. The Hall–Kier alpha value is -1.69. The van der Waals surface area contributed by atoms with E-state index in [0.717, 1.165) is 4.88 Å². The number of nitrogens with one attached hydrogen (secondary N) is 1. The molecular weight excluding hydrogens is 346 g/mol. The lowest BCUT2D eigenvalue weighted by molar-refractivity contribution is -0.122. The summed E-state index contributed by atoms with van der Waals surface area (Å²) in [6.07, 6.45) is 1.10. The van der Waals surface area contributed by atoms with Gasteiger partial charge in [0.25, 0.3) is 0 Å². The van der Waals surface area contributed by atoms with Crippen LogP contribution in [0.4, 0.5) is 0 Å². The molecule has 0 saturated carbocycles. The summed E-state index contributed by atoms with van der Waals surface area (Å²) in [4.78, 5) is 24.5. The molecule has 24 heavy (non-hydrogen) atoms. The monoisotopic (exact) mass is 365 g/mol. The number of ketones is 1. The zero-order valence-corrected chi connectivity index (χ0v) is 15.0. The number of thiophene rings is 1. The van der Waals surface area contributed by atoms with Gasteiger partial charge in [0.05, 0.1) is 11.4 Å². The van der Waals surface area contributed by atoms with Crippen molar-refractivity contribution in [3.8, 4) is 0 Å². The molecule has 1 amide bonds. The second-order valence-electron chi connectivity index (χ2n) is 5.81. The van der Waals surface area contributed by atoms with Crippen LogP contribution in [0, 0.1) is 0 Å². The molecule has 0 aliphatic rings. The normalized spacial score (nSPS) is 13.3. The van der Waals surface area contributed by atoms with E-state index in [2.05, 4.69) is 5.32 Å². The summed E-state index contributed by atoms with van der Waals surface area (Å²) in [6.45, 7) is 1.74. The molecule has 0 fully saturated rings. The molecule has 4 nitrogen and oxygen atoms in total. The number of carbonyl (C=O) groups is 2. The number of carbonyl (C=O) groups excluding carboxylic acids is 2. The van der Waals surface area contributed by atoms with E-state index in [1.165, 1.54) is 11.3 Å². The van der Waals surface area contributed by atoms with Crippen LogP contribution in [0.15, 0.2) is 41.8 Å². The molecule has 1 heterocycles. The van der Waals surface area contributed by atoms with E-state index < -0.39 is 5.60 Å². The van der Waals surface area contributed by atoms with Crippen molar-refractivity contribution >= 4 is 34.6 Å². The molecule has 1 aromatic heterocycles. The molecule has 128 valence electrons. The van der Waals surface area contributed by atoms with E-state index in [-0.39, 0.29) is 24.7 Å². The molecule has 6 heteroatoms. The van der Waals surface area contributed by atoms with E-state index in [4.69, 9.17) is 11.6 Å². The van der Waals surface area contributed by atoms with Crippen LogP contribution >= 0.6 is 22.9 Å². The van der Waals surface area contributed by atoms with Crippen molar-refractivity contribution in [3.63, 3.8) is 0 Å². The number of rotatable bonds is 8. The molecule has 0 aliphatic carbocycles. The van der Waals surface area contributed by atoms with Crippen LogP contribution in [0.5, 0.6) is 0 Å². The first-order chi connectivity index (χ1) is 11.4. The first-order valence-electron chi connectivity index (χ1n) is 7.70. The predicted octanol–water partition coefficient (Wildman–Crippen LogP) is 3.78. The number of halogens is 1. The summed E-state index contributed by atoms with van der Waals surface area (Å²) in [7, 11) is 0. The Morgan fingerprint density at radius 2 is 1.92 bits per heavy atom. The molecule has 0 bridgehead atoms. The van der Waals surface area contributed by atoms with Crippen molar-refractivity contribution < 1.29 is 14.7 Å². The molecule has 1 unspecified atom stereocenters. The maximum Gasteiger partial charge on any atom is 0.220 e. The number of hydrogen-bond donors (Lipinski definition) is 2. The number of Topliss-reactive ketones (excluding diaryl/α,β-unsaturated/α-hetero) is 1. The second-order valence-corrected chi connectivity index (χ2v) is 7.20. The first-order valence-corrected chi connectivity index (χ1v) is 8.96. The molecular formula is C18H20ClNO3S. The van der Waals surface area contributed by atoms with Crippen molar-refractivity contribution in [2.24, 2.45) is 0 Å². The quantitative estimate of drug-likeness (QED) is 0.699. The number of benzene rings is 1. The summed E-state index contributed by atoms with van der Waals surface area (Å²) in [5.41, 5.74) is -0.493. The Morgan fingerprint density at radius 3 is 2.54 bits per heavy atom. The third-order valence-electron chi connectivity index (χ3n) is 3.70. The van der Waals surface area contributed by atoms with Gasteiger partial charge in [-0.05, 0) is 42.5 Å². The van der Waals surface area contributed by atoms with Crippen LogP contribution in [0.25, 0.3) is 0 Å². The first kappa shape index (κ1) is 18.6. The average Bonchev–Trinajstić information content (AvgIpc) is 3.08. The zero-order valence-electron chi connectivity index (χ0n) is 13.4. The van der Waals surface area contributed by atoms with Gasteiger partial charge < -0.3 is 10.4 Å². The van der Waals surface area contributed by atoms with E-state index in [1.807, 2.05) is 11.4 Å². The maximum absolute atomic E-state index is 11.9. The number of amides is 1. The Bertz CT molecular complexity index is 681. The Morgan fingerprint density at radius 1 is 1.21 bits per heavy atom. The smallest absolute Gasteiger partial charge is 0.220 e. The fourth-order valence-corrected chi connectivity index (χ4v) is 3.06. The number of hydrogen-bond acceptors (Lipinski definition) is 4. The Kier molecular flexibility index (Phi) is 6.54. The van der Waals surface area contributed by atoms with Crippen LogP contribution in [0.3, 0.4) is 0 Å². The Balaban J connectivity index is 1.74. The van der Waals surface area contributed by atoms with Crippen molar-refractivity contribution in [2.45, 2.75) is 31.8 Å². The van der Waals surface area contributed by atoms with Gasteiger partial charge in [0.15, 0.2) is 5.78 Å². The van der Waals surface area contributed by atoms with Crippen LogP contribution in [-0.4, -0.2) is 23.3 Å². The van der Waals surface area contributed by atoms with Crippen LogP contribution in [-0.2, 0) is 10.4 Å². The molecule has 1 atom stereocenters. The molecule has 2 N–H and O–H groups in total. The minimum Gasteiger partial charge on any atom is -0.384 e. The van der Waals surface area contributed by atoms with Crippen molar-refractivity contribution in [2.75, 3.05) is 6.54 Å². The maximum atomic E-state index is 11.9. The SMILES string of the molecule is CC(O)(CNC(=O)CCCC(=O)c1cccs1)c1ccc(Cl)cc1. The van der Waals surface area contributed by atoms with E-state index >= 15 is 0 Å². The minimum absolute atomic E-state index is 0.0611. The van der Waals surface area contributed by atoms with Gasteiger partial charge in [-0.1, -0.05) is 29.8 Å². The summed E-state index contributed by atoms with van der Waals surface area (Å²) in [5, 5.41) is 15.6. The topological polar surface area (TPSA) is 66.4 Å². The second kappa shape index (κ2) is 8.42. The number of aliphatic hydroxyl groups is 1. The zero-order chi connectivity index (χ0) is 17.6. The largest absolute Gasteiger partial charge is 0.384 e. The average molecular weight is 366 g/mol. The van der Waals surface area contributed by atoms with Gasteiger partial charge in [-0.15, -0.1) is 11.3 Å². The highest BCUT2D eigenvalue weighted by atomic mass is 35.5. The molecule has 2 aromatic rings. The van der Waals surface area contributed by atoms with Crippen molar-refractivity contribution in [3.05, 3.63) is 57.2 Å². The summed E-state index contributed by atoms with van der Waals surface area (Å²) < 4.78 is 0. The van der Waals surface area contributed by atoms with Crippen LogP contribution < -0.4 is 5.32 Å². The summed E-state index contributed by atoms with van der Waals surface area (Å²) in [6, 6.07) is 10.5. The standard InChI is InChI=1S/C18H20ClNO3S/c1-18(23,13-7-9-14(19)10-8-13)12-20-17(22)6-2-4-15(21)16-5-3-11-24-16/h3,5,7-11,23H,2,4,6,12H2,1H3,(H,20,22). The van der Waals surface area contributed by atoms with E-state index in [1.54, 1.807) is 37.3 Å². The fraction of sp³-hybridized carbons (Fsp3) is 0.333. The van der Waals surface area contributed by atoms with Gasteiger partial charge in [-0.25, -0.2) is 0 Å². The predicted molar refractivity (Wildman–Crippen MR) is 96.5 cm³/mol. The lowest BCUT2D eigenvalue weighted by Gasteiger charge is -2.24. The molecule has 0 aliphatic heterocycles. The lowest BCUT2D eigenvalue weighted by atomic mass is 9.96. The van der Waals surface area contributed by atoms with Crippen molar-refractivity contribution in [1.82, 2.24) is 5.32 Å². The van der Waals surface area contributed by atoms with Gasteiger partial charge in [0.2, 0.25) is 5.91 Å². The van der Waals surface area contributed by atoms with Crippen molar-refractivity contribution in [1.29, 1.82) is 0 Å². The minimum atomic E-state index is -1.17. The Labute approximate surface area is 150 Å². The molecule has 2 rings (SSSR count). The van der Waals surface area contributed by atoms with E-state index in [0.29, 0.717) is 23.4 Å².